The summed E-state index contributed by atoms with van der Waals surface area (Å²) in [6, 6.07) is 6.33. The zero-order valence-electron chi connectivity index (χ0n) is 12.4. The van der Waals surface area contributed by atoms with Crippen LogP contribution in [0.2, 0.25) is 0 Å². The number of ether oxygens (including phenoxy) is 1. The number of aromatic nitrogens is 1. The molecule has 0 atom stereocenters. The minimum absolute atomic E-state index is 0.849. The third-order valence-corrected chi connectivity index (χ3v) is 3.97. The van der Waals surface area contributed by atoms with E-state index < -0.39 is 0 Å². The molecule has 0 radical (unpaired) electrons. The van der Waals surface area contributed by atoms with Gasteiger partial charge in [-0.25, -0.2) is 4.98 Å². The minimum Gasteiger partial charge on any atom is -0.494 e. The van der Waals surface area contributed by atoms with Crippen LogP contribution in [-0.4, -0.2) is 38.3 Å². The molecule has 0 bridgehead atoms. The van der Waals surface area contributed by atoms with Gasteiger partial charge in [0.15, 0.2) is 0 Å². The van der Waals surface area contributed by atoms with Crippen LogP contribution >= 0.6 is 0 Å². The summed E-state index contributed by atoms with van der Waals surface area (Å²) in [4.78, 5) is 7.26. The van der Waals surface area contributed by atoms with Gasteiger partial charge in [0.05, 0.1) is 7.11 Å². The third kappa shape index (κ3) is 2.20. The van der Waals surface area contributed by atoms with Crippen LogP contribution in [0, 0.1) is 13.8 Å². The summed E-state index contributed by atoms with van der Waals surface area (Å²) in [5.41, 5.74) is 3.44. The summed E-state index contributed by atoms with van der Waals surface area (Å²) < 4.78 is 5.47. The molecule has 0 aliphatic carbocycles. The molecule has 4 heteroatoms. The number of pyridine rings is 1. The quantitative estimate of drug-likeness (QED) is 0.909. The van der Waals surface area contributed by atoms with Crippen LogP contribution in [0.1, 0.15) is 11.1 Å². The summed E-state index contributed by atoms with van der Waals surface area (Å²) in [6.45, 7) is 8.31. The first kappa shape index (κ1) is 13.2. The van der Waals surface area contributed by atoms with E-state index in [-0.39, 0.29) is 0 Å². The number of rotatable bonds is 2. The van der Waals surface area contributed by atoms with Crippen LogP contribution < -0.4 is 15.0 Å². The first-order valence-corrected chi connectivity index (χ1v) is 7.11. The van der Waals surface area contributed by atoms with Crippen molar-refractivity contribution in [1.82, 2.24) is 10.3 Å². The van der Waals surface area contributed by atoms with E-state index in [4.69, 9.17) is 9.72 Å². The maximum Gasteiger partial charge on any atom is 0.145 e. The maximum atomic E-state index is 5.47. The second-order valence-electron chi connectivity index (χ2n) is 5.35. The predicted octanol–water partition coefficient (Wildman–Crippen LogP) is 2.27. The van der Waals surface area contributed by atoms with Crippen molar-refractivity contribution in [2.75, 3.05) is 38.2 Å². The molecule has 1 aromatic carbocycles. The fourth-order valence-electron chi connectivity index (χ4n) is 2.82. The number of nitrogens with zero attached hydrogens (tertiary/aromatic N) is 2. The number of methoxy groups -OCH3 is 1. The Morgan fingerprint density at radius 2 is 1.90 bits per heavy atom. The first-order chi connectivity index (χ1) is 9.70. The van der Waals surface area contributed by atoms with Gasteiger partial charge in [-0.2, -0.15) is 0 Å². The molecule has 0 amide bonds. The van der Waals surface area contributed by atoms with Gasteiger partial charge in [0, 0.05) is 31.6 Å². The van der Waals surface area contributed by atoms with E-state index >= 15 is 0 Å². The van der Waals surface area contributed by atoms with E-state index in [0.29, 0.717) is 0 Å². The van der Waals surface area contributed by atoms with Crippen molar-refractivity contribution in [3.05, 3.63) is 29.3 Å². The Balaban J connectivity index is 2.16. The third-order valence-electron chi connectivity index (χ3n) is 3.97. The van der Waals surface area contributed by atoms with Crippen LogP contribution in [0.25, 0.3) is 10.9 Å². The number of anilines is 1. The molecule has 2 aromatic rings. The molecule has 4 nitrogen and oxygen atoms in total. The minimum atomic E-state index is 0.849. The van der Waals surface area contributed by atoms with Gasteiger partial charge in [-0.15, -0.1) is 0 Å². The molecule has 1 saturated heterocycles. The van der Waals surface area contributed by atoms with Crippen molar-refractivity contribution >= 4 is 16.7 Å². The number of hydrogen-bond acceptors (Lipinski definition) is 4. The highest BCUT2D eigenvalue weighted by molar-refractivity contribution is 5.89. The molecule has 0 spiro atoms. The average Bonchev–Trinajstić information content (AvgIpc) is 2.49. The standard InChI is InChI=1S/C16H21N3O/c1-11-4-5-14(20-3)15-13(11)10-12(2)16(18-15)19-8-6-17-7-9-19/h4-5,10,17H,6-9H2,1-3H3. The first-order valence-electron chi connectivity index (χ1n) is 7.11. The zero-order valence-corrected chi connectivity index (χ0v) is 12.4. The molecule has 1 aliphatic rings. The molecule has 2 heterocycles. The second-order valence-corrected chi connectivity index (χ2v) is 5.35. The molecule has 0 unspecified atom stereocenters. The Kier molecular flexibility index (Phi) is 3.49. The second kappa shape index (κ2) is 5.29. The van der Waals surface area contributed by atoms with E-state index in [2.05, 4.69) is 36.2 Å². The van der Waals surface area contributed by atoms with Crippen LogP contribution in [0.4, 0.5) is 5.82 Å². The average molecular weight is 271 g/mol. The van der Waals surface area contributed by atoms with Gasteiger partial charge in [0.25, 0.3) is 0 Å². The number of fused-ring (bicyclic) bond motifs is 1. The highest BCUT2D eigenvalue weighted by Gasteiger charge is 2.16. The largest absolute Gasteiger partial charge is 0.494 e. The van der Waals surface area contributed by atoms with E-state index in [1.54, 1.807) is 7.11 Å². The lowest BCUT2D eigenvalue weighted by Crippen LogP contribution is -2.44. The summed E-state index contributed by atoms with van der Waals surface area (Å²) >= 11 is 0. The molecular formula is C16H21N3O. The number of hydrogen-bond donors (Lipinski definition) is 1. The summed E-state index contributed by atoms with van der Waals surface area (Å²) in [6.07, 6.45) is 0. The summed E-state index contributed by atoms with van der Waals surface area (Å²) in [7, 11) is 1.70. The number of piperazine rings is 1. The number of aryl methyl sites for hydroxylation is 2. The van der Waals surface area contributed by atoms with Crippen molar-refractivity contribution < 1.29 is 4.74 Å². The Morgan fingerprint density at radius 3 is 2.60 bits per heavy atom. The maximum absolute atomic E-state index is 5.47. The van der Waals surface area contributed by atoms with Crippen molar-refractivity contribution in [1.29, 1.82) is 0 Å². The Morgan fingerprint density at radius 1 is 1.15 bits per heavy atom. The lowest BCUT2D eigenvalue weighted by molar-refractivity contribution is 0.419. The van der Waals surface area contributed by atoms with Gasteiger partial charge in [-0.05, 0) is 37.1 Å². The summed E-state index contributed by atoms with van der Waals surface area (Å²) in [5, 5.41) is 4.56. The summed E-state index contributed by atoms with van der Waals surface area (Å²) in [5.74, 6) is 1.94. The van der Waals surface area contributed by atoms with Gasteiger partial charge in [0.2, 0.25) is 0 Å². The monoisotopic (exact) mass is 271 g/mol. The molecule has 106 valence electrons. The number of benzene rings is 1. The Labute approximate surface area is 119 Å². The SMILES string of the molecule is COc1ccc(C)c2cc(C)c(N3CCNCC3)nc12. The molecular weight excluding hydrogens is 250 g/mol. The molecule has 1 aromatic heterocycles. The van der Waals surface area contributed by atoms with Crippen molar-refractivity contribution in [2.45, 2.75) is 13.8 Å². The Hall–Kier alpha value is -1.81. The van der Waals surface area contributed by atoms with Gasteiger partial charge < -0.3 is 15.0 Å². The van der Waals surface area contributed by atoms with Gasteiger partial charge in [-0.3, -0.25) is 0 Å². The smallest absolute Gasteiger partial charge is 0.145 e. The van der Waals surface area contributed by atoms with Crippen LogP contribution in [0.3, 0.4) is 0 Å². The van der Waals surface area contributed by atoms with Crippen LogP contribution in [-0.2, 0) is 0 Å². The van der Waals surface area contributed by atoms with Crippen molar-refractivity contribution in [3.8, 4) is 5.75 Å². The van der Waals surface area contributed by atoms with Crippen molar-refractivity contribution in [2.24, 2.45) is 0 Å². The van der Waals surface area contributed by atoms with Crippen molar-refractivity contribution in [3.63, 3.8) is 0 Å². The molecule has 1 N–H and O–H groups in total. The zero-order chi connectivity index (χ0) is 14.1. The molecule has 20 heavy (non-hydrogen) atoms. The van der Waals surface area contributed by atoms with Crippen LogP contribution in [0.15, 0.2) is 18.2 Å². The van der Waals surface area contributed by atoms with E-state index in [9.17, 15) is 0 Å². The van der Waals surface area contributed by atoms with E-state index in [0.717, 1.165) is 43.3 Å². The van der Waals surface area contributed by atoms with Crippen LogP contribution in [0.5, 0.6) is 5.75 Å². The van der Waals surface area contributed by atoms with Gasteiger partial charge >= 0.3 is 0 Å². The molecule has 1 aliphatic heterocycles. The predicted molar refractivity (Wildman–Crippen MR) is 82.9 cm³/mol. The lowest BCUT2D eigenvalue weighted by Gasteiger charge is -2.30. The number of nitrogens with one attached hydrogen (secondary N) is 1. The van der Waals surface area contributed by atoms with E-state index in [1.165, 1.54) is 16.5 Å². The fraction of sp³-hybridized carbons (Fsp3) is 0.438. The molecule has 0 saturated carbocycles. The Bertz CT molecular complexity index is 633. The van der Waals surface area contributed by atoms with E-state index in [1.807, 2.05) is 6.07 Å². The highest BCUT2D eigenvalue weighted by atomic mass is 16.5. The van der Waals surface area contributed by atoms with Gasteiger partial charge in [-0.1, -0.05) is 6.07 Å². The highest BCUT2D eigenvalue weighted by Crippen LogP contribution is 2.31. The normalized spacial score (nSPS) is 15.7. The molecule has 3 rings (SSSR count). The van der Waals surface area contributed by atoms with Gasteiger partial charge in [0.1, 0.15) is 17.1 Å². The topological polar surface area (TPSA) is 37.4 Å². The molecule has 1 fully saturated rings. The lowest BCUT2D eigenvalue weighted by atomic mass is 10.1. The fourth-order valence-corrected chi connectivity index (χ4v) is 2.82.